The number of likely N-dealkylation sites (N-methyl/N-ethyl adjacent to an activating group) is 1. The van der Waals surface area contributed by atoms with Crippen LogP contribution < -0.4 is 5.32 Å². The molecular weight excluding hydrogens is 272 g/mol. The summed E-state index contributed by atoms with van der Waals surface area (Å²) in [5, 5.41) is 3.21. The zero-order chi connectivity index (χ0) is 15.1. The lowest BCUT2D eigenvalue weighted by molar-refractivity contribution is 0.197. The first-order valence-corrected chi connectivity index (χ1v) is 8.94. The Morgan fingerprint density at radius 1 is 1.35 bits per heavy atom. The van der Waals surface area contributed by atoms with E-state index in [-0.39, 0.29) is 17.3 Å². The molecule has 1 saturated carbocycles. The molecule has 1 fully saturated rings. The fraction of sp³-hybridized carbons (Fsp3) is 0.800. The Balaban J connectivity index is 2.65. The van der Waals surface area contributed by atoms with Gasteiger partial charge < -0.3 is 10.2 Å². The van der Waals surface area contributed by atoms with Crippen molar-refractivity contribution in [1.29, 1.82) is 0 Å². The summed E-state index contributed by atoms with van der Waals surface area (Å²) in [6, 6.07) is -0.00305. The highest BCUT2D eigenvalue weighted by atomic mass is 32.2. The summed E-state index contributed by atoms with van der Waals surface area (Å²) in [5.74, 6) is 0.667. The lowest BCUT2D eigenvalue weighted by Gasteiger charge is -2.33. The highest BCUT2D eigenvalue weighted by Crippen LogP contribution is 2.23. The van der Waals surface area contributed by atoms with Crippen LogP contribution in [-0.2, 0) is 10.8 Å². The van der Waals surface area contributed by atoms with Gasteiger partial charge in [0, 0.05) is 35.7 Å². The Kier molecular flexibility index (Phi) is 7.27. The predicted octanol–water partition coefficient (Wildman–Crippen LogP) is 2.67. The minimum atomic E-state index is -0.837. The second-order valence-corrected chi connectivity index (χ2v) is 7.46. The van der Waals surface area contributed by atoms with Crippen LogP contribution in [0, 0.1) is 0 Å². The maximum absolute atomic E-state index is 12.3. The van der Waals surface area contributed by atoms with Crippen molar-refractivity contribution >= 4 is 16.8 Å². The molecule has 0 aromatic heterocycles. The standard InChI is InChI=1S/C15H28N2O2S/c1-5-17(11-12(3)4)15(18)16-13-9-7-8-10-14(13)20(19)6-2/h13-14H,3,5-11H2,1-2,4H3,(H,16,18)/t13-,14+,20+/m1/s1. The monoisotopic (exact) mass is 300 g/mol. The molecule has 20 heavy (non-hydrogen) atoms. The molecule has 0 unspecified atom stereocenters. The molecule has 0 aromatic rings. The Hall–Kier alpha value is -0.840. The highest BCUT2D eigenvalue weighted by molar-refractivity contribution is 7.85. The fourth-order valence-electron chi connectivity index (χ4n) is 2.69. The predicted molar refractivity (Wildman–Crippen MR) is 85.3 cm³/mol. The molecule has 0 heterocycles. The average molecular weight is 300 g/mol. The maximum Gasteiger partial charge on any atom is 0.317 e. The number of carbonyl (C=O) groups is 1. The Labute approximate surface area is 125 Å². The first kappa shape index (κ1) is 17.2. The van der Waals surface area contributed by atoms with E-state index in [9.17, 15) is 9.00 Å². The molecule has 0 radical (unpaired) electrons. The van der Waals surface area contributed by atoms with Gasteiger partial charge in [-0.3, -0.25) is 4.21 Å². The van der Waals surface area contributed by atoms with E-state index < -0.39 is 10.8 Å². The third-order valence-electron chi connectivity index (χ3n) is 3.76. The molecule has 5 heteroatoms. The van der Waals surface area contributed by atoms with Crippen molar-refractivity contribution in [2.75, 3.05) is 18.8 Å². The quantitative estimate of drug-likeness (QED) is 0.767. The van der Waals surface area contributed by atoms with E-state index in [0.717, 1.165) is 31.3 Å². The number of hydrogen-bond donors (Lipinski definition) is 1. The van der Waals surface area contributed by atoms with Crippen LogP contribution in [0.25, 0.3) is 0 Å². The van der Waals surface area contributed by atoms with Crippen LogP contribution in [0.2, 0.25) is 0 Å². The van der Waals surface area contributed by atoms with Crippen LogP contribution in [-0.4, -0.2) is 45.3 Å². The first-order chi connectivity index (χ1) is 9.49. The van der Waals surface area contributed by atoms with Crippen LogP contribution in [0.3, 0.4) is 0 Å². The molecular formula is C15H28N2O2S. The second kappa shape index (κ2) is 8.45. The van der Waals surface area contributed by atoms with Crippen molar-refractivity contribution in [2.24, 2.45) is 0 Å². The number of carbonyl (C=O) groups excluding carboxylic acids is 1. The van der Waals surface area contributed by atoms with Gasteiger partial charge in [0.15, 0.2) is 0 Å². The van der Waals surface area contributed by atoms with Gasteiger partial charge in [0.2, 0.25) is 0 Å². The molecule has 1 N–H and O–H groups in total. The molecule has 4 nitrogen and oxygen atoms in total. The van der Waals surface area contributed by atoms with Gasteiger partial charge in [-0.2, -0.15) is 0 Å². The fourth-order valence-corrected chi connectivity index (χ4v) is 4.12. The molecule has 0 aliphatic heterocycles. The first-order valence-electron chi connectivity index (χ1n) is 7.56. The van der Waals surface area contributed by atoms with E-state index in [0.29, 0.717) is 18.8 Å². The largest absolute Gasteiger partial charge is 0.334 e. The van der Waals surface area contributed by atoms with Crippen LogP contribution in [0.4, 0.5) is 4.79 Å². The van der Waals surface area contributed by atoms with E-state index in [1.807, 2.05) is 20.8 Å². The zero-order valence-electron chi connectivity index (χ0n) is 13.0. The van der Waals surface area contributed by atoms with Gasteiger partial charge in [-0.15, -0.1) is 0 Å². The number of nitrogens with one attached hydrogen (secondary N) is 1. The molecule has 0 bridgehead atoms. The number of rotatable bonds is 6. The molecule has 3 atom stereocenters. The zero-order valence-corrected chi connectivity index (χ0v) is 13.8. The average Bonchev–Trinajstić information content (AvgIpc) is 2.44. The van der Waals surface area contributed by atoms with E-state index in [2.05, 4.69) is 11.9 Å². The molecule has 0 spiro atoms. The number of hydrogen-bond acceptors (Lipinski definition) is 2. The number of urea groups is 1. The van der Waals surface area contributed by atoms with E-state index in [1.165, 1.54) is 0 Å². The minimum Gasteiger partial charge on any atom is -0.334 e. The molecule has 1 aliphatic rings. The van der Waals surface area contributed by atoms with Gasteiger partial charge in [0.25, 0.3) is 0 Å². The van der Waals surface area contributed by atoms with Crippen molar-refractivity contribution in [2.45, 2.75) is 57.7 Å². The molecule has 1 aliphatic carbocycles. The van der Waals surface area contributed by atoms with Crippen LogP contribution in [0.15, 0.2) is 12.2 Å². The second-order valence-electron chi connectivity index (χ2n) is 5.52. The van der Waals surface area contributed by atoms with Crippen molar-refractivity contribution < 1.29 is 9.00 Å². The maximum atomic E-state index is 12.3. The normalized spacial score (nSPS) is 23.9. The van der Waals surface area contributed by atoms with Crippen molar-refractivity contribution in [3.8, 4) is 0 Å². The van der Waals surface area contributed by atoms with Crippen LogP contribution in [0.5, 0.6) is 0 Å². The van der Waals surface area contributed by atoms with Gasteiger partial charge in [-0.25, -0.2) is 4.79 Å². The summed E-state index contributed by atoms with van der Waals surface area (Å²) in [6.07, 6.45) is 4.12. The number of amides is 2. The smallest absolute Gasteiger partial charge is 0.317 e. The van der Waals surface area contributed by atoms with Crippen molar-refractivity contribution in [3.63, 3.8) is 0 Å². The SMILES string of the molecule is C=C(C)CN(CC)C(=O)N[C@@H]1CCCC[C@@H]1[S@@](=O)CC. The van der Waals surface area contributed by atoms with Gasteiger partial charge in [0.05, 0.1) is 5.25 Å². The van der Waals surface area contributed by atoms with Gasteiger partial charge in [-0.1, -0.05) is 31.9 Å². The van der Waals surface area contributed by atoms with Crippen molar-refractivity contribution in [1.82, 2.24) is 10.2 Å². The van der Waals surface area contributed by atoms with Gasteiger partial charge in [0.1, 0.15) is 0 Å². The Morgan fingerprint density at radius 2 is 2.00 bits per heavy atom. The summed E-state index contributed by atoms with van der Waals surface area (Å²) >= 11 is 0. The lowest BCUT2D eigenvalue weighted by Crippen LogP contribution is -2.52. The van der Waals surface area contributed by atoms with Gasteiger partial charge >= 0.3 is 6.03 Å². The van der Waals surface area contributed by atoms with Gasteiger partial charge in [-0.05, 0) is 26.7 Å². The third kappa shape index (κ3) is 4.93. The molecule has 0 saturated heterocycles. The third-order valence-corrected chi connectivity index (χ3v) is 5.57. The number of nitrogens with zero attached hydrogens (tertiary/aromatic N) is 1. The van der Waals surface area contributed by atoms with Crippen LogP contribution in [0.1, 0.15) is 46.5 Å². The molecule has 2 amide bonds. The van der Waals surface area contributed by atoms with Crippen LogP contribution >= 0.6 is 0 Å². The summed E-state index contributed by atoms with van der Waals surface area (Å²) < 4.78 is 12.1. The lowest BCUT2D eigenvalue weighted by atomic mass is 9.95. The minimum absolute atomic E-state index is 0.0520. The summed E-state index contributed by atoms with van der Waals surface area (Å²) in [6.45, 7) is 10.9. The molecule has 0 aromatic carbocycles. The van der Waals surface area contributed by atoms with E-state index >= 15 is 0 Å². The Bertz CT molecular complexity index is 371. The summed E-state index contributed by atoms with van der Waals surface area (Å²) in [7, 11) is -0.837. The Morgan fingerprint density at radius 3 is 2.55 bits per heavy atom. The molecule has 1 rings (SSSR count). The van der Waals surface area contributed by atoms with E-state index in [1.54, 1.807) is 4.90 Å². The highest BCUT2D eigenvalue weighted by Gasteiger charge is 2.31. The van der Waals surface area contributed by atoms with E-state index in [4.69, 9.17) is 0 Å². The summed E-state index contributed by atoms with van der Waals surface area (Å²) in [5.41, 5.74) is 0.972. The van der Waals surface area contributed by atoms with Crippen molar-refractivity contribution in [3.05, 3.63) is 12.2 Å². The molecule has 116 valence electrons. The summed E-state index contributed by atoms with van der Waals surface area (Å²) in [4.78, 5) is 14.1. The topological polar surface area (TPSA) is 49.4 Å².